The zero-order chi connectivity index (χ0) is 18.0. The van der Waals surface area contributed by atoms with Crippen molar-refractivity contribution in [2.75, 3.05) is 6.61 Å². The van der Waals surface area contributed by atoms with Gasteiger partial charge in [-0.25, -0.2) is 4.98 Å². The molecule has 0 fully saturated rings. The van der Waals surface area contributed by atoms with Gasteiger partial charge in [-0.3, -0.25) is 4.79 Å². The van der Waals surface area contributed by atoms with E-state index in [9.17, 15) is 14.8 Å². The lowest BCUT2D eigenvalue weighted by Crippen LogP contribution is -2.32. The number of fused-ring (bicyclic) bond motifs is 1. The average Bonchev–Trinajstić information content (AvgIpc) is 2.59. The summed E-state index contributed by atoms with van der Waals surface area (Å²) in [5, 5.41) is 19.9. The lowest BCUT2D eigenvalue weighted by molar-refractivity contribution is 0.318. The minimum absolute atomic E-state index is 0.249. The molecule has 0 spiro atoms. The number of para-hydroxylation sites is 1. The van der Waals surface area contributed by atoms with Crippen molar-refractivity contribution in [1.82, 2.24) is 9.97 Å². The molecule has 0 amide bonds. The Bertz CT molecular complexity index is 969. The summed E-state index contributed by atoms with van der Waals surface area (Å²) in [7, 11) is -1.68. The molecule has 6 nitrogen and oxygen atoms in total. The Hall–Kier alpha value is -2.64. The van der Waals surface area contributed by atoms with E-state index < -0.39 is 7.12 Å². The number of aromatic nitrogens is 2. The van der Waals surface area contributed by atoms with Crippen molar-refractivity contribution in [3.8, 4) is 17.1 Å². The molecule has 0 unspecified atom stereocenters. The zero-order valence-electron chi connectivity index (χ0n) is 14.1. The van der Waals surface area contributed by atoms with Crippen LogP contribution in [0.2, 0.25) is 0 Å². The molecule has 0 aliphatic rings. The van der Waals surface area contributed by atoms with Crippen LogP contribution in [0.3, 0.4) is 0 Å². The van der Waals surface area contributed by atoms with Crippen molar-refractivity contribution in [3.63, 3.8) is 0 Å². The van der Waals surface area contributed by atoms with E-state index in [1.165, 1.54) is 0 Å². The van der Waals surface area contributed by atoms with Crippen LogP contribution < -0.4 is 15.8 Å². The second-order valence-electron chi connectivity index (χ2n) is 5.88. The molecule has 1 heterocycles. The predicted octanol–water partition coefficient (Wildman–Crippen LogP) is 1.37. The number of rotatable bonds is 5. The normalized spacial score (nSPS) is 10.9. The van der Waals surface area contributed by atoms with E-state index in [-0.39, 0.29) is 11.0 Å². The fourth-order valence-electron chi connectivity index (χ4n) is 2.75. The van der Waals surface area contributed by atoms with Gasteiger partial charge in [0.2, 0.25) is 0 Å². The summed E-state index contributed by atoms with van der Waals surface area (Å²) in [5.41, 5.74) is 1.89. The minimum atomic E-state index is -1.68. The van der Waals surface area contributed by atoms with Crippen molar-refractivity contribution in [3.05, 3.63) is 52.3 Å². The lowest BCUT2D eigenvalue weighted by atomic mass is 9.77. The van der Waals surface area contributed by atoms with Crippen LogP contribution in [-0.4, -0.2) is 33.7 Å². The Balaban J connectivity index is 2.27. The third kappa shape index (κ3) is 3.43. The second-order valence-corrected chi connectivity index (χ2v) is 5.88. The summed E-state index contributed by atoms with van der Waals surface area (Å²) in [6.07, 6.45) is 0.760. The van der Waals surface area contributed by atoms with Gasteiger partial charge in [-0.05, 0) is 31.5 Å². The molecule has 3 N–H and O–H groups in total. The van der Waals surface area contributed by atoms with E-state index in [0.29, 0.717) is 34.6 Å². The number of nitrogens with one attached hydrogen (secondary N) is 1. The lowest BCUT2D eigenvalue weighted by Gasteiger charge is -2.16. The molecule has 25 heavy (non-hydrogen) atoms. The van der Waals surface area contributed by atoms with E-state index in [0.717, 1.165) is 12.0 Å². The van der Waals surface area contributed by atoms with Crippen LogP contribution in [0, 0.1) is 6.92 Å². The van der Waals surface area contributed by atoms with Crippen LogP contribution in [-0.2, 0) is 0 Å². The third-order valence-corrected chi connectivity index (χ3v) is 3.86. The van der Waals surface area contributed by atoms with Gasteiger partial charge in [0.15, 0.2) is 0 Å². The van der Waals surface area contributed by atoms with Crippen LogP contribution in [0.1, 0.15) is 18.9 Å². The van der Waals surface area contributed by atoms with E-state index >= 15 is 0 Å². The fraction of sp³-hybridized carbons (Fsp3) is 0.222. The highest BCUT2D eigenvalue weighted by atomic mass is 16.5. The quantitative estimate of drug-likeness (QED) is 0.611. The van der Waals surface area contributed by atoms with Gasteiger partial charge in [-0.1, -0.05) is 30.7 Å². The van der Waals surface area contributed by atoms with Gasteiger partial charge in [0.1, 0.15) is 11.6 Å². The average molecular weight is 338 g/mol. The molecule has 3 aromatic rings. The maximum Gasteiger partial charge on any atom is 0.492 e. The molecule has 0 saturated heterocycles. The van der Waals surface area contributed by atoms with Crippen LogP contribution in [0.5, 0.6) is 5.75 Å². The monoisotopic (exact) mass is 338 g/mol. The number of benzene rings is 2. The molecule has 2 aromatic carbocycles. The first-order valence-corrected chi connectivity index (χ1v) is 8.14. The highest BCUT2D eigenvalue weighted by molar-refractivity contribution is 6.60. The molecule has 7 heteroatoms. The number of aryl methyl sites for hydroxylation is 1. The highest BCUT2D eigenvalue weighted by Gasteiger charge is 2.23. The summed E-state index contributed by atoms with van der Waals surface area (Å²) >= 11 is 0. The van der Waals surface area contributed by atoms with Crippen molar-refractivity contribution in [1.29, 1.82) is 0 Å². The maximum atomic E-state index is 12.4. The molecule has 1 aromatic heterocycles. The Labute approximate surface area is 145 Å². The van der Waals surface area contributed by atoms with Crippen LogP contribution in [0.25, 0.3) is 22.3 Å². The Morgan fingerprint density at radius 3 is 2.72 bits per heavy atom. The molecule has 128 valence electrons. The van der Waals surface area contributed by atoms with E-state index in [2.05, 4.69) is 9.97 Å². The van der Waals surface area contributed by atoms with E-state index in [1.54, 1.807) is 24.3 Å². The van der Waals surface area contributed by atoms with Gasteiger partial charge < -0.3 is 19.8 Å². The largest absolute Gasteiger partial charge is 0.493 e. The SMILES string of the molecule is CCCOc1c(B(O)O)cc(C)cc1-c1nc2ccccc2c(=O)[nH]1. The number of ether oxygens (including phenoxy) is 1. The van der Waals surface area contributed by atoms with Crippen LogP contribution in [0.4, 0.5) is 0 Å². The summed E-state index contributed by atoms with van der Waals surface area (Å²) in [6.45, 7) is 4.20. The number of hydrogen-bond acceptors (Lipinski definition) is 5. The number of nitrogens with zero attached hydrogens (tertiary/aromatic N) is 1. The van der Waals surface area contributed by atoms with Gasteiger partial charge in [0, 0.05) is 5.46 Å². The fourth-order valence-corrected chi connectivity index (χ4v) is 2.75. The maximum absolute atomic E-state index is 12.4. The molecule has 0 aliphatic heterocycles. The standard InChI is InChI=1S/C18H19BN2O4/c1-3-8-25-16-13(9-11(2)10-14(16)19(23)24)17-20-15-7-5-4-6-12(15)18(22)21-17/h4-7,9-10,23-24H,3,8H2,1-2H3,(H,20,21,22). The molecule has 3 rings (SSSR count). The Morgan fingerprint density at radius 1 is 1.24 bits per heavy atom. The zero-order valence-corrected chi connectivity index (χ0v) is 14.1. The molecule has 0 atom stereocenters. The van der Waals surface area contributed by atoms with Gasteiger partial charge in [0.25, 0.3) is 5.56 Å². The van der Waals surface area contributed by atoms with Crippen LogP contribution >= 0.6 is 0 Å². The van der Waals surface area contributed by atoms with E-state index in [1.807, 2.05) is 26.0 Å². The molecule has 0 saturated carbocycles. The third-order valence-electron chi connectivity index (χ3n) is 3.86. The molecule has 0 bridgehead atoms. The number of aromatic amines is 1. The molecular formula is C18H19BN2O4. The molecule has 0 aliphatic carbocycles. The number of hydrogen-bond donors (Lipinski definition) is 3. The van der Waals surface area contributed by atoms with Gasteiger partial charge in [0.05, 0.1) is 23.1 Å². The van der Waals surface area contributed by atoms with Crippen molar-refractivity contribution in [2.24, 2.45) is 0 Å². The summed E-state index contributed by atoms with van der Waals surface area (Å²) in [5.74, 6) is 0.654. The summed E-state index contributed by atoms with van der Waals surface area (Å²) < 4.78 is 5.76. The topological polar surface area (TPSA) is 95.4 Å². The summed E-state index contributed by atoms with van der Waals surface area (Å²) in [4.78, 5) is 19.7. The molecular weight excluding hydrogens is 319 g/mol. The van der Waals surface area contributed by atoms with Crippen molar-refractivity contribution in [2.45, 2.75) is 20.3 Å². The minimum Gasteiger partial charge on any atom is -0.493 e. The summed E-state index contributed by atoms with van der Waals surface area (Å²) in [6, 6.07) is 10.5. The predicted molar refractivity (Wildman–Crippen MR) is 98.1 cm³/mol. The van der Waals surface area contributed by atoms with E-state index in [4.69, 9.17) is 4.74 Å². The van der Waals surface area contributed by atoms with Crippen molar-refractivity contribution < 1.29 is 14.8 Å². The van der Waals surface area contributed by atoms with Crippen molar-refractivity contribution >= 4 is 23.5 Å². The first kappa shape index (κ1) is 17.2. The first-order valence-electron chi connectivity index (χ1n) is 8.14. The number of H-pyrrole nitrogens is 1. The van der Waals surface area contributed by atoms with Gasteiger partial charge in [-0.15, -0.1) is 0 Å². The molecule has 0 radical (unpaired) electrons. The van der Waals surface area contributed by atoms with Gasteiger partial charge >= 0.3 is 7.12 Å². The van der Waals surface area contributed by atoms with Crippen LogP contribution in [0.15, 0.2) is 41.2 Å². The highest BCUT2D eigenvalue weighted by Crippen LogP contribution is 2.28. The first-order chi connectivity index (χ1) is 12.0. The smallest absolute Gasteiger partial charge is 0.492 e. The second kappa shape index (κ2) is 7.08. The van der Waals surface area contributed by atoms with Gasteiger partial charge in [-0.2, -0.15) is 0 Å². The Kier molecular flexibility index (Phi) is 4.87. The Morgan fingerprint density at radius 2 is 2.00 bits per heavy atom.